The molecule has 0 saturated heterocycles. The molecule has 4 rings (SSSR count). The summed E-state index contributed by atoms with van der Waals surface area (Å²) in [5.74, 6) is 0. The fraction of sp³-hybridized carbons (Fsp3) is 0.150. The van der Waals surface area contributed by atoms with Crippen LogP contribution in [0, 0.1) is 6.92 Å². The molecule has 2 aromatic carbocycles. The van der Waals surface area contributed by atoms with E-state index in [0.29, 0.717) is 2.70 Å². The number of rotatable bonds is 2. The quantitative estimate of drug-likeness (QED) is 0.375. The number of anilines is 2. The molecule has 4 heteroatoms. The van der Waals surface area contributed by atoms with Gasteiger partial charge >= 0.3 is 0 Å². The monoisotopic (exact) mass is 428 g/mol. The Morgan fingerprint density at radius 2 is 1.67 bits per heavy atom. The van der Waals surface area contributed by atoms with Crippen molar-refractivity contribution in [1.29, 1.82) is 0 Å². The van der Waals surface area contributed by atoms with E-state index in [-0.39, 0.29) is 6.17 Å². The molecule has 2 heterocycles. The maximum atomic E-state index is 4.40. The fourth-order valence-corrected chi connectivity index (χ4v) is 4.54. The van der Waals surface area contributed by atoms with Crippen LogP contribution >= 0.6 is 22.9 Å². The molecule has 2 atom stereocenters. The molecule has 120 valence electrons. The van der Waals surface area contributed by atoms with E-state index in [9.17, 15) is 0 Å². The summed E-state index contributed by atoms with van der Waals surface area (Å²) in [6, 6.07) is 21.4. The zero-order chi connectivity index (χ0) is 16.7. The third-order valence-electron chi connectivity index (χ3n) is 4.78. The molecule has 1 aliphatic heterocycles. The van der Waals surface area contributed by atoms with Crippen molar-refractivity contribution < 1.29 is 0 Å². The zero-order valence-electron chi connectivity index (χ0n) is 13.7. The average Bonchev–Trinajstić information content (AvgIpc) is 2.86. The highest BCUT2D eigenvalue weighted by molar-refractivity contribution is 14.1. The lowest BCUT2D eigenvalue weighted by Gasteiger charge is -2.33. The molecule has 24 heavy (non-hydrogen) atoms. The summed E-state index contributed by atoms with van der Waals surface area (Å²) in [5.41, 5.74) is 6.24. The van der Waals surface area contributed by atoms with E-state index in [1.165, 1.54) is 28.3 Å². The topological polar surface area (TPSA) is 16.1 Å². The Bertz CT molecular complexity index is 881. The summed E-state index contributed by atoms with van der Waals surface area (Å²) in [7, 11) is 0. The highest BCUT2D eigenvalue weighted by Crippen LogP contribution is 2.55. The Kier molecular flexibility index (Phi) is 3.81. The van der Waals surface area contributed by atoms with Gasteiger partial charge in [0, 0.05) is 37.0 Å². The van der Waals surface area contributed by atoms with Crippen molar-refractivity contribution in [3.63, 3.8) is 0 Å². The van der Waals surface area contributed by atoms with Crippen LogP contribution in [0.1, 0.15) is 12.5 Å². The number of quaternary nitrogens is 1. The molecule has 0 radical (unpaired) electrons. The van der Waals surface area contributed by atoms with Crippen LogP contribution in [0.3, 0.4) is 0 Å². The smallest absolute Gasteiger partial charge is 0.262 e. The van der Waals surface area contributed by atoms with Gasteiger partial charge in [-0.25, -0.2) is 0 Å². The van der Waals surface area contributed by atoms with Gasteiger partial charge in [-0.2, -0.15) is 2.70 Å². The zero-order valence-corrected chi connectivity index (χ0v) is 15.9. The summed E-state index contributed by atoms with van der Waals surface area (Å²) in [6.07, 6.45) is 4.11. The lowest BCUT2D eigenvalue weighted by atomic mass is 10.1. The first-order chi connectivity index (χ1) is 11.6. The van der Waals surface area contributed by atoms with Gasteiger partial charge in [-0.1, -0.05) is 36.4 Å². The number of fused-ring (bicyclic) bond motifs is 1. The Morgan fingerprint density at radius 3 is 2.42 bits per heavy atom. The molecule has 0 amide bonds. The van der Waals surface area contributed by atoms with E-state index in [2.05, 4.69) is 107 Å². The van der Waals surface area contributed by atoms with Gasteiger partial charge in [0.1, 0.15) is 11.4 Å². The molecule has 1 aliphatic rings. The second kappa shape index (κ2) is 5.86. The molecule has 0 aliphatic carbocycles. The van der Waals surface area contributed by atoms with Crippen LogP contribution in [-0.4, -0.2) is 11.1 Å². The van der Waals surface area contributed by atoms with E-state index in [1.807, 2.05) is 12.4 Å². The normalized spacial score (nSPS) is 22.5. The molecule has 0 saturated carbocycles. The summed E-state index contributed by atoms with van der Waals surface area (Å²) in [5, 5.41) is 0. The Labute approximate surface area is 156 Å². The van der Waals surface area contributed by atoms with Crippen LogP contribution in [0.2, 0.25) is 0 Å². The van der Waals surface area contributed by atoms with Gasteiger partial charge in [0.15, 0.2) is 11.9 Å². The molecule has 3 aromatic rings. The first-order valence-corrected chi connectivity index (χ1v) is 9.04. The van der Waals surface area contributed by atoms with Crippen LogP contribution in [-0.2, 0) is 0 Å². The first-order valence-electron chi connectivity index (χ1n) is 8.07. The second-order valence-electron chi connectivity index (χ2n) is 6.12. The molecule has 0 N–H and O–H groups in total. The highest BCUT2D eigenvalue weighted by Gasteiger charge is 2.50. The largest absolute Gasteiger partial charge is 0.283 e. The van der Waals surface area contributed by atoms with Crippen molar-refractivity contribution in [3.05, 3.63) is 78.6 Å². The van der Waals surface area contributed by atoms with Gasteiger partial charge in [0.25, 0.3) is 22.9 Å². The van der Waals surface area contributed by atoms with E-state index >= 15 is 0 Å². The van der Waals surface area contributed by atoms with Crippen LogP contribution in [0.15, 0.2) is 73.1 Å². The number of hydrogen-bond donors (Lipinski definition) is 0. The number of halogens is 1. The second-order valence-corrected chi connectivity index (χ2v) is 7.65. The van der Waals surface area contributed by atoms with Crippen molar-refractivity contribution in [3.8, 4) is 0 Å². The van der Waals surface area contributed by atoms with E-state index in [4.69, 9.17) is 0 Å². The van der Waals surface area contributed by atoms with E-state index in [1.54, 1.807) is 0 Å². The minimum atomic E-state index is 0.230. The maximum absolute atomic E-state index is 4.40. The Balaban J connectivity index is 1.96. The van der Waals surface area contributed by atoms with Crippen molar-refractivity contribution in [1.82, 2.24) is 7.68 Å². The maximum Gasteiger partial charge on any atom is 0.262 e. The molecule has 0 spiro atoms. The molecule has 1 aromatic heterocycles. The lowest BCUT2D eigenvalue weighted by molar-refractivity contribution is 0.544. The van der Waals surface area contributed by atoms with Crippen molar-refractivity contribution >= 4 is 45.6 Å². The van der Waals surface area contributed by atoms with Gasteiger partial charge in [0.05, 0.1) is 6.20 Å². The van der Waals surface area contributed by atoms with Crippen molar-refractivity contribution in [2.45, 2.75) is 20.0 Å². The van der Waals surface area contributed by atoms with Gasteiger partial charge < -0.3 is 0 Å². The van der Waals surface area contributed by atoms with E-state index in [0.717, 1.165) is 0 Å². The molecule has 1 unspecified atom stereocenters. The molecule has 0 bridgehead atoms. The third-order valence-corrected chi connectivity index (χ3v) is 6.67. The van der Waals surface area contributed by atoms with Crippen molar-refractivity contribution in [2.75, 3.05) is 4.90 Å². The number of pyridine rings is 1. The Hall–Kier alpha value is -1.92. The van der Waals surface area contributed by atoms with Crippen molar-refractivity contribution in [2.24, 2.45) is 0 Å². The van der Waals surface area contributed by atoms with Crippen LogP contribution < -0.4 is 7.60 Å². The van der Waals surface area contributed by atoms with Crippen LogP contribution in [0.5, 0.6) is 0 Å². The number of para-hydroxylation sites is 2. The van der Waals surface area contributed by atoms with E-state index < -0.39 is 0 Å². The standard InChI is InChI=1S/C20H19IN3/c1-15-8-6-7-11-18(15)23-16(2)24(21,17-9-4-3-5-10-17)20-12-13-22-14-19(20)23/h3-14,16H,1-2H3/q+1/t16-,24?/m1/s1. The third kappa shape index (κ3) is 2.17. The number of hydrogen-bond acceptors (Lipinski definition) is 2. The molecular formula is C20H19IN3+. The fourth-order valence-electron chi connectivity index (χ4n) is 3.57. The highest BCUT2D eigenvalue weighted by atomic mass is 127. The number of benzene rings is 2. The minimum Gasteiger partial charge on any atom is -0.283 e. The predicted molar refractivity (Wildman–Crippen MR) is 109 cm³/mol. The molecular weight excluding hydrogens is 409 g/mol. The molecule has 3 nitrogen and oxygen atoms in total. The van der Waals surface area contributed by atoms with Crippen LogP contribution in [0.25, 0.3) is 0 Å². The first kappa shape index (κ1) is 15.6. The summed E-state index contributed by atoms with van der Waals surface area (Å²) in [4.78, 5) is 6.81. The molecule has 0 fully saturated rings. The predicted octanol–water partition coefficient (Wildman–Crippen LogP) is 5.88. The average molecular weight is 428 g/mol. The minimum absolute atomic E-state index is 0.230. The van der Waals surface area contributed by atoms with Gasteiger partial charge in [-0.15, -0.1) is 0 Å². The van der Waals surface area contributed by atoms with Gasteiger partial charge in [-0.3, -0.25) is 9.88 Å². The summed E-state index contributed by atoms with van der Waals surface area (Å²) < 4.78 is 0.713. The van der Waals surface area contributed by atoms with Crippen LogP contribution in [0.4, 0.5) is 22.7 Å². The number of aryl methyl sites for hydroxylation is 1. The SMILES string of the molecule is Cc1ccccc1N1c2cnccc2[N+](I)(c2ccccc2)[C@@H]1C. The lowest BCUT2D eigenvalue weighted by Crippen LogP contribution is -2.45. The number of nitrogens with zero attached hydrogens (tertiary/aromatic N) is 3. The summed E-state index contributed by atoms with van der Waals surface area (Å²) in [6.45, 7) is 4.45. The van der Waals surface area contributed by atoms with Gasteiger partial charge in [0.2, 0.25) is 0 Å². The summed E-state index contributed by atoms with van der Waals surface area (Å²) >= 11 is 2.57. The number of aromatic nitrogens is 1. The van der Waals surface area contributed by atoms with Gasteiger partial charge in [-0.05, 0) is 18.6 Å². The Morgan fingerprint density at radius 1 is 0.958 bits per heavy atom.